The molecule has 0 heterocycles. The third-order valence-electron chi connectivity index (χ3n) is 8.64. The van der Waals surface area contributed by atoms with E-state index in [2.05, 4.69) is 183 Å². The number of hydrogen-bond donors (Lipinski definition) is 0. The average molecular weight is 787 g/mol. The van der Waals surface area contributed by atoms with Gasteiger partial charge in [0.1, 0.15) is 0 Å². The third-order valence-corrected chi connectivity index (χ3v) is 8.64. The molecule has 7 rings (SSSR count). The average Bonchev–Trinajstić information content (AvgIpc) is 3.28. The van der Waals surface area contributed by atoms with Crippen LogP contribution in [0.2, 0.25) is 0 Å². The van der Waals surface area contributed by atoms with Gasteiger partial charge in [-0.05, 0) is 107 Å². The van der Waals surface area contributed by atoms with Crippen LogP contribution < -0.4 is 0 Å². The molecule has 0 aromatic heterocycles. The van der Waals surface area contributed by atoms with Crippen molar-refractivity contribution in [1.29, 1.82) is 0 Å². The van der Waals surface area contributed by atoms with E-state index in [1.807, 2.05) is 83.1 Å². The van der Waals surface area contributed by atoms with Crippen LogP contribution >= 0.6 is 0 Å². The molecule has 0 spiro atoms. The van der Waals surface area contributed by atoms with Gasteiger partial charge >= 0.3 is 0 Å². The lowest BCUT2D eigenvalue weighted by Crippen LogP contribution is -2.10. The van der Waals surface area contributed by atoms with Crippen LogP contribution in [-0.2, 0) is 12.8 Å². The smallest absolute Gasteiger partial charge is 0 e. The molecule has 1 atom stereocenters. The van der Waals surface area contributed by atoms with Crippen molar-refractivity contribution in [2.45, 2.75) is 158 Å². The molecule has 1 aliphatic carbocycles. The van der Waals surface area contributed by atoms with E-state index in [0.29, 0.717) is 0 Å². The summed E-state index contributed by atoms with van der Waals surface area (Å²) in [7, 11) is 0. The van der Waals surface area contributed by atoms with Gasteiger partial charge in [0, 0.05) is 1.43 Å². The summed E-state index contributed by atoms with van der Waals surface area (Å²) in [6, 6.07) is 45.7. The molecule has 1 aliphatic rings. The molecule has 58 heavy (non-hydrogen) atoms. The predicted octanol–water partition coefficient (Wildman–Crippen LogP) is 19.3. The van der Waals surface area contributed by atoms with Gasteiger partial charge < -0.3 is 0 Å². The third kappa shape index (κ3) is 24.4. The first-order valence-corrected chi connectivity index (χ1v) is 22.8. The normalized spacial score (nSPS) is 11.1. The summed E-state index contributed by atoms with van der Waals surface area (Å²) in [6.45, 7) is 41.2. The van der Waals surface area contributed by atoms with E-state index in [1.54, 1.807) is 11.1 Å². The van der Waals surface area contributed by atoms with E-state index < -0.39 is 0 Å². The second-order valence-electron chi connectivity index (χ2n) is 13.4. The molecule has 0 radical (unpaired) electrons. The van der Waals surface area contributed by atoms with Gasteiger partial charge in [-0.1, -0.05) is 256 Å². The predicted molar refractivity (Wildman–Crippen MR) is 273 cm³/mol. The standard InChI is InChI=1S/C14H14.C12H16.C12H12.C8H10.6C2H6.H2/c1-11-3-7-13(8-4-11)14-9-5-12(2)6-10-14;2*1-9-3-5-12-8-10(2)4-6-11(12)7-9;1-7-3-5-8(2)6-4-7;6*1-2;/h3-10H,1-2H3;3,5,7,10H,4,6,8H2,1-2H3;3-8H,1-2H3;3-6H,1-2H3;6*1-2H3;1H. The minimum absolute atomic E-state index is 0. The van der Waals surface area contributed by atoms with E-state index in [4.69, 9.17) is 0 Å². The summed E-state index contributed by atoms with van der Waals surface area (Å²) < 4.78 is 0. The SMILES string of the molecule is CC.CC.CC.CC.CC.CC.Cc1ccc(-c2ccc(C)cc2)cc1.Cc1ccc(C)cc1.Cc1ccc2c(c1)CCC(C)C2.Cc1ccc2cc(C)ccc2c1.[HH]. The van der Waals surface area contributed by atoms with Crippen molar-refractivity contribution in [1.82, 2.24) is 0 Å². The number of rotatable bonds is 1. The number of fused-ring (bicyclic) bond motifs is 2. The number of aryl methyl sites for hydroxylation is 8. The molecule has 0 fully saturated rings. The Morgan fingerprint density at radius 2 is 0.603 bits per heavy atom. The number of hydrogen-bond acceptors (Lipinski definition) is 0. The van der Waals surface area contributed by atoms with Gasteiger partial charge in [0.2, 0.25) is 0 Å². The first-order valence-electron chi connectivity index (χ1n) is 22.8. The van der Waals surface area contributed by atoms with Crippen LogP contribution in [0.3, 0.4) is 0 Å². The molecule has 0 heteroatoms. The van der Waals surface area contributed by atoms with Crippen LogP contribution in [0, 0.1) is 54.4 Å². The van der Waals surface area contributed by atoms with Gasteiger partial charge in [-0.25, -0.2) is 0 Å². The Hall–Kier alpha value is -4.42. The van der Waals surface area contributed by atoms with Crippen LogP contribution in [0.25, 0.3) is 21.9 Å². The lowest BCUT2D eigenvalue weighted by Gasteiger charge is -2.21. The van der Waals surface area contributed by atoms with Crippen molar-refractivity contribution < 1.29 is 1.43 Å². The van der Waals surface area contributed by atoms with E-state index in [9.17, 15) is 0 Å². The maximum absolute atomic E-state index is 2.35. The summed E-state index contributed by atoms with van der Waals surface area (Å²) in [6.07, 6.45) is 3.95. The minimum atomic E-state index is 0. The van der Waals surface area contributed by atoms with Crippen molar-refractivity contribution >= 4 is 10.8 Å². The Labute approximate surface area is 363 Å². The Morgan fingerprint density at radius 3 is 0.948 bits per heavy atom. The van der Waals surface area contributed by atoms with Crippen LogP contribution in [0.1, 0.15) is 148 Å². The second kappa shape index (κ2) is 36.9. The molecule has 0 saturated carbocycles. The van der Waals surface area contributed by atoms with E-state index >= 15 is 0 Å². The van der Waals surface area contributed by atoms with Crippen molar-refractivity contribution in [2.75, 3.05) is 0 Å². The molecular formula is C58H90. The molecule has 0 nitrogen and oxygen atoms in total. The zero-order valence-electron chi connectivity index (χ0n) is 41.3. The van der Waals surface area contributed by atoms with E-state index in [-0.39, 0.29) is 1.43 Å². The van der Waals surface area contributed by atoms with E-state index in [0.717, 1.165) is 5.92 Å². The molecule has 0 N–H and O–H groups in total. The van der Waals surface area contributed by atoms with Gasteiger partial charge in [-0.3, -0.25) is 0 Å². The summed E-state index contributed by atoms with van der Waals surface area (Å²) in [4.78, 5) is 0. The lowest BCUT2D eigenvalue weighted by atomic mass is 9.84. The molecule has 0 bridgehead atoms. The highest BCUT2D eigenvalue weighted by molar-refractivity contribution is 5.83. The summed E-state index contributed by atoms with van der Waals surface area (Å²) in [5.74, 6) is 0.889. The fraction of sp³-hybridized carbons (Fsp3) is 0.414. The second-order valence-corrected chi connectivity index (χ2v) is 13.4. The Morgan fingerprint density at radius 1 is 0.328 bits per heavy atom. The highest BCUT2D eigenvalue weighted by Crippen LogP contribution is 2.26. The van der Waals surface area contributed by atoms with Gasteiger partial charge in [-0.2, -0.15) is 0 Å². The molecule has 6 aromatic rings. The van der Waals surface area contributed by atoms with Crippen LogP contribution in [0.15, 0.2) is 127 Å². The maximum Gasteiger partial charge on any atom is 0 e. The molecule has 0 saturated heterocycles. The van der Waals surface area contributed by atoms with Crippen LogP contribution in [-0.4, -0.2) is 0 Å². The fourth-order valence-corrected chi connectivity index (χ4v) is 5.68. The quantitative estimate of drug-likeness (QED) is 0.156. The Balaban J connectivity index is -0.000000316. The van der Waals surface area contributed by atoms with Crippen molar-refractivity contribution in [3.63, 3.8) is 0 Å². The van der Waals surface area contributed by atoms with Crippen LogP contribution in [0.5, 0.6) is 0 Å². The number of benzene rings is 6. The van der Waals surface area contributed by atoms with Crippen molar-refractivity contribution in [3.8, 4) is 11.1 Å². The Bertz CT molecular complexity index is 1700. The van der Waals surface area contributed by atoms with E-state index in [1.165, 1.54) is 80.1 Å². The maximum atomic E-state index is 2.35. The molecular weight excluding hydrogens is 697 g/mol. The van der Waals surface area contributed by atoms with Crippen molar-refractivity contribution in [3.05, 3.63) is 177 Å². The van der Waals surface area contributed by atoms with Gasteiger partial charge in [0.15, 0.2) is 0 Å². The topological polar surface area (TPSA) is 0 Å². The zero-order valence-corrected chi connectivity index (χ0v) is 41.3. The molecule has 1 unspecified atom stereocenters. The first kappa shape index (κ1) is 57.9. The lowest BCUT2D eigenvalue weighted by molar-refractivity contribution is 0.501. The largest absolute Gasteiger partial charge is 0.0683 e. The van der Waals surface area contributed by atoms with Gasteiger partial charge in [-0.15, -0.1) is 0 Å². The first-order chi connectivity index (χ1) is 28.0. The van der Waals surface area contributed by atoms with Gasteiger partial charge in [0.25, 0.3) is 0 Å². The molecule has 0 amide bonds. The van der Waals surface area contributed by atoms with Crippen LogP contribution in [0.4, 0.5) is 0 Å². The zero-order chi connectivity index (χ0) is 45.1. The van der Waals surface area contributed by atoms with Crippen molar-refractivity contribution in [2.24, 2.45) is 5.92 Å². The highest BCUT2D eigenvalue weighted by Gasteiger charge is 2.14. The summed E-state index contributed by atoms with van der Waals surface area (Å²) in [5, 5.41) is 2.67. The van der Waals surface area contributed by atoms with Gasteiger partial charge in [0.05, 0.1) is 0 Å². The molecule has 0 aliphatic heterocycles. The summed E-state index contributed by atoms with van der Waals surface area (Å²) >= 11 is 0. The highest BCUT2D eigenvalue weighted by atomic mass is 14.2. The molecule has 6 aromatic carbocycles. The fourth-order valence-electron chi connectivity index (χ4n) is 5.68. The molecule has 322 valence electrons. The summed E-state index contributed by atoms with van der Waals surface area (Å²) in [5.41, 5.74) is 15.1. The minimum Gasteiger partial charge on any atom is -0.0683 e. The Kier molecular flexibility index (Phi) is 36.8. The monoisotopic (exact) mass is 787 g/mol.